The molecule has 0 bridgehead atoms. The van der Waals surface area contributed by atoms with Gasteiger partial charge in [0.1, 0.15) is 0 Å². The lowest BCUT2D eigenvalue weighted by molar-refractivity contribution is 0.258. The summed E-state index contributed by atoms with van der Waals surface area (Å²) in [5.41, 5.74) is 1.35. The van der Waals surface area contributed by atoms with Crippen LogP contribution < -0.4 is 10.2 Å². The minimum atomic E-state index is 0.534. The number of aryl methyl sites for hydroxylation is 1. The molecule has 1 atom stereocenters. The van der Waals surface area contributed by atoms with Gasteiger partial charge in [0.05, 0.1) is 5.69 Å². The van der Waals surface area contributed by atoms with Crippen molar-refractivity contribution in [3.63, 3.8) is 0 Å². The molecule has 1 aromatic rings. The van der Waals surface area contributed by atoms with Crippen LogP contribution in [0.2, 0.25) is 0 Å². The quantitative estimate of drug-likeness (QED) is 0.923. The van der Waals surface area contributed by atoms with Crippen molar-refractivity contribution in [1.82, 2.24) is 15.2 Å². The first-order chi connectivity index (χ1) is 9.81. The summed E-state index contributed by atoms with van der Waals surface area (Å²) in [6, 6.07) is 0.534. The Labute approximate surface area is 126 Å². The van der Waals surface area contributed by atoms with E-state index >= 15 is 0 Å². The van der Waals surface area contributed by atoms with Gasteiger partial charge in [0.25, 0.3) is 0 Å². The maximum absolute atomic E-state index is 4.93. The van der Waals surface area contributed by atoms with E-state index in [1.54, 1.807) is 0 Å². The zero-order valence-corrected chi connectivity index (χ0v) is 13.5. The number of aromatic nitrogens is 1. The third-order valence-corrected chi connectivity index (χ3v) is 5.74. The molecule has 20 heavy (non-hydrogen) atoms. The monoisotopic (exact) mass is 294 g/mol. The molecule has 1 fully saturated rings. The second-order valence-corrected chi connectivity index (χ2v) is 6.88. The fraction of sp³-hybridized carbons (Fsp3) is 0.800. The number of hydrogen-bond acceptors (Lipinski definition) is 5. The molecule has 4 nitrogen and oxygen atoms in total. The highest BCUT2D eigenvalue weighted by Gasteiger charge is 2.26. The summed E-state index contributed by atoms with van der Waals surface area (Å²) in [6.45, 7) is 8.15. The number of rotatable bonds is 4. The minimum absolute atomic E-state index is 0.534. The zero-order valence-electron chi connectivity index (χ0n) is 12.7. The summed E-state index contributed by atoms with van der Waals surface area (Å²) in [4.78, 5) is 11.5. The summed E-state index contributed by atoms with van der Waals surface area (Å²) in [6.07, 6.45) is 4.95. The number of anilines is 1. The largest absolute Gasteiger partial charge is 0.346 e. The first kappa shape index (κ1) is 14.3. The molecule has 0 amide bonds. The molecule has 1 aliphatic carbocycles. The van der Waals surface area contributed by atoms with Crippen LogP contribution in [0.1, 0.15) is 42.8 Å². The van der Waals surface area contributed by atoms with E-state index in [9.17, 15) is 0 Å². The van der Waals surface area contributed by atoms with Crippen LogP contribution in [0.15, 0.2) is 0 Å². The lowest BCUT2D eigenvalue weighted by Gasteiger charge is -2.34. The van der Waals surface area contributed by atoms with Crippen molar-refractivity contribution in [2.75, 3.05) is 44.7 Å². The van der Waals surface area contributed by atoms with Crippen LogP contribution in [-0.2, 0) is 6.42 Å². The SMILES string of the molecule is CCCN1CCN(c2nc3c(s2)C(NC)CCC3)CC1. The molecular weight excluding hydrogens is 268 g/mol. The van der Waals surface area contributed by atoms with Gasteiger partial charge in [-0.2, -0.15) is 0 Å². The van der Waals surface area contributed by atoms with E-state index in [0.717, 1.165) is 13.1 Å². The van der Waals surface area contributed by atoms with Crippen molar-refractivity contribution in [3.05, 3.63) is 10.6 Å². The molecule has 0 radical (unpaired) electrons. The molecule has 0 spiro atoms. The predicted octanol–water partition coefficient (Wildman–Crippen LogP) is 2.27. The van der Waals surface area contributed by atoms with Crippen LogP contribution in [0.3, 0.4) is 0 Å². The first-order valence-corrected chi connectivity index (χ1v) is 8.77. The third kappa shape index (κ3) is 2.85. The normalized spacial score (nSPS) is 23.9. The van der Waals surface area contributed by atoms with E-state index in [4.69, 9.17) is 4.98 Å². The molecule has 1 unspecified atom stereocenters. The molecule has 0 saturated carbocycles. The van der Waals surface area contributed by atoms with Gasteiger partial charge in [0.15, 0.2) is 5.13 Å². The minimum Gasteiger partial charge on any atom is -0.346 e. The van der Waals surface area contributed by atoms with Gasteiger partial charge in [-0.3, -0.25) is 4.90 Å². The third-order valence-electron chi connectivity index (χ3n) is 4.47. The fourth-order valence-electron chi connectivity index (χ4n) is 3.30. The van der Waals surface area contributed by atoms with E-state index in [2.05, 4.69) is 29.1 Å². The topological polar surface area (TPSA) is 31.4 Å². The number of piperazine rings is 1. The Morgan fingerprint density at radius 3 is 2.80 bits per heavy atom. The molecule has 1 aromatic heterocycles. The van der Waals surface area contributed by atoms with Gasteiger partial charge in [-0.15, -0.1) is 0 Å². The Hall–Kier alpha value is -0.650. The number of thiazole rings is 1. The summed E-state index contributed by atoms with van der Waals surface area (Å²) in [5.74, 6) is 0. The van der Waals surface area contributed by atoms with Crippen molar-refractivity contribution in [2.24, 2.45) is 0 Å². The number of nitrogens with one attached hydrogen (secondary N) is 1. The Balaban J connectivity index is 1.68. The average molecular weight is 294 g/mol. The smallest absolute Gasteiger partial charge is 0.185 e. The highest BCUT2D eigenvalue weighted by Crippen LogP contribution is 2.37. The van der Waals surface area contributed by atoms with E-state index in [-0.39, 0.29) is 0 Å². The van der Waals surface area contributed by atoms with Crippen LogP contribution in [-0.4, -0.2) is 49.7 Å². The van der Waals surface area contributed by atoms with Gasteiger partial charge in [-0.1, -0.05) is 18.3 Å². The maximum atomic E-state index is 4.93. The van der Waals surface area contributed by atoms with Crippen molar-refractivity contribution >= 4 is 16.5 Å². The van der Waals surface area contributed by atoms with E-state index in [0.29, 0.717) is 6.04 Å². The lowest BCUT2D eigenvalue weighted by atomic mass is 9.98. The molecule has 112 valence electrons. The molecule has 2 aliphatic rings. The van der Waals surface area contributed by atoms with Crippen LogP contribution in [0.5, 0.6) is 0 Å². The standard InChI is InChI=1S/C15H26N4S/c1-3-7-18-8-10-19(11-9-18)15-17-13-6-4-5-12(16-2)14(13)20-15/h12,16H,3-11H2,1-2H3. The van der Waals surface area contributed by atoms with Crippen molar-refractivity contribution < 1.29 is 0 Å². The predicted molar refractivity (Wildman–Crippen MR) is 85.8 cm³/mol. The average Bonchev–Trinajstić information content (AvgIpc) is 2.92. The molecule has 1 saturated heterocycles. The molecule has 1 N–H and O–H groups in total. The molecule has 0 aromatic carbocycles. The summed E-state index contributed by atoms with van der Waals surface area (Å²) < 4.78 is 0. The van der Waals surface area contributed by atoms with Crippen LogP contribution >= 0.6 is 11.3 Å². The summed E-state index contributed by atoms with van der Waals surface area (Å²) >= 11 is 1.92. The number of fused-ring (bicyclic) bond motifs is 1. The summed E-state index contributed by atoms with van der Waals surface area (Å²) in [5, 5.41) is 4.70. The van der Waals surface area contributed by atoms with Crippen LogP contribution in [0.4, 0.5) is 5.13 Å². The maximum Gasteiger partial charge on any atom is 0.185 e. The lowest BCUT2D eigenvalue weighted by Crippen LogP contribution is -2.46. The van der Waals surface area contributed by atoms with Crippen molar-refractivity contribution in [1.29, 1.82) is 0 Å². The van der Waals surface area contributed by atoms with E-state index in [1.165, 1.54) is 61.0 Å². The summed E-state index contributed by atoms with van der Waals surface area (Å²) in [7, 11) is 2.07. The molecule has 3 rings (SSSR count). The Morgan fingerprint density at radius 1 is 1.30 bits per heavy atom. The van der Waals surface area contributed by atoms with Crippen molar-refractivity contribution in [2.45, 2.75) is 38.6 Å². The van der Waals surface area contributed by atoms with Gasteiger partial charge in [0, 0.05) is 37.1 Å². The van der Waals surface area contributed by atoms with E-state index in [1.807, 2.05) is 11.3 Å². The van der Waals surface area contributed by atoms with E-state index < -0.39 is 0 Å². The number of hydrogen-bond donors (Lipinski definition) is 1. The zero-order chi connectivity index (χ0) is 13.9. The Morgan fingerprint density at radius 2 is 2.10 bits per heavy atom. The highest BCUT2D eigenvalue weighted by atomic mass is 32.1. The second kappa shape index (κ2) is 6.41. The molecule has 2 heterocycles. The van der Waals surface area contributed by atoms with Crippen LogP contribution in [0, 0.1) is 0 Å². The van der Waals surface area contributed by atoms with Gasteiger partial charge >= 0.3 is 0 Å². The molecular formula is C15H26N4S. The second-order valence-electron chi connectivity index (χ2n) is 5.87. The van der Waals surface area contributed by atoms with Crippen molar-refractivity contribution in [3.8, 4) is 0 Å². The van der Waals surface area contributed by atoms with Crippen LogP contribution in [0.25, 0.3) is 0 Å². The number of nitrogens with zero attached hydrogens (tertiary/aromatic N) is 3. The van der Waals surface area contributed by atoms with Gasteiger partial charge in [-0.05, 0) is 39.3 Å². The van der Waals surface area contributed by atoms with Gasteiger partial charge < -0.3 is 10.2 Å². The Kier molecular flexibility index (Phi) is 4.58. The highest BCUT2D eigenvalue weighted by molar-refractivity contribution is 7.15. The van der Waals surface area contributed by atoms with Gasteiger partial charge in [0.2, 0.25) is 0 Å². The Bertz CT molecular complexity index is 437. The van der Waals surface area contributed by atoms with Gasteiger partial charge in [-0.25, -0.2) is 4.98 Å². The first-order valence-electron chi connectivity index (χ1n) is 7.96. The molecule has 5 heteroatoms. The fourth-order valence-corrected chi connectivity index (χ4v) is 4.60. The molecule has 1 aliphatic heterocycles.